The predicted octanol–water partition coefficient (Wildman–Crippen LogP) is 8.51. The Labute approximate surface area is 243 Å². The molecule has 1 aliphatic heterocycles. The molecular formula is C35H54O5. The van der Waals surface area contributed by atoms with E-state index in [1.807, 2.05) is 6.92 Å². The molecule has 40 heavy (non-hydrogen) atoms. The number of benzene rings is 2. The molecular weight excluding hydrogens is 500 g/mol. The third kappa shape index (κ3) is 10.1. The van der Waals surface area contributed by atoms with Crippen molar-refractivity contribution in [3.8, 4) is 11.5 Å². The van der Waals surface area contributed by atoms with E-state index in [0.717, 1.165) is 44.0 Å². The van der Waals surface area contributed by atoms with Gasteiger partial charge in [0.15, 0.2) is 0 Å². The van der Waals surface area contributed by atoms with Crippen LogP contribution in [0.3, 0.4) is 0 Å². The smallest absolute Gasteiger partial charge is 0.120 e. The number of hydrogen-bond acceptors (Lipinski definition) is 5. The Balaban J connectivity index is 1.59. The van der Waals surface area contributed by atoms with E-state index in [1.54, 1.807) is 0 Å². The first-order valence-electron chi connectivity index (χ1n) is 15.0. The Morgan fingerprint density at radius 1 is 0.700 bits per heavy atom. The molecule has 224 valence electrons. The van der Waals surface area contributed by atoms with Crippen LogP contribution >= 0.6 is 0 Å². The zero-order valence-electron chi connectivity index (χ0n) is 26.9. The average Bonchev–Trinajstić information content (AvgIpc) is 3.61. The van der Waals surface area contributed by atoms with Gasteiger partial charge in [-0.3, -0.25) is 0 Å². The largest absolute Gasteiger partial charge is 0.488 e. The van der Waals surface area contributed by atoms with Gasteiger partial charge in [-0.1, -0.05) is 38.1 Å². The number of rotatable bonds is 16. The topological polar surface area (TPSA) is 49.5 Å². The normalized spacial score (nSPS) is 17.8. The van der Waals surface area contributed by atoms with Crippen LogP contribution in [0.5, 0.6) is 11.5 Å². The van der Waals surface area contributed by atoms with Crippen molar-refractivity contribution in [2.24, 2.45) is 0 Å². The highest BCUT2D eigenvalue weighted by molar-refractivity contribution is 5.42. The molecule has 3 atom stereocenters. The van der Waals surface area contributed by atoms with Crippen molar-refractivity contribution in [3.05, 3.63) is 59.7 Å². The fourth-order valence-corrected chi connectivity index (χ4v) is 5.86. The van der Waals surface area contributed by atoms with Crippen molar-refractivity contribution in [1.29, 1.82) is 0 Å². The molecule has 0 bridgehead atoms. The highest BCUT2D eigenvalue weighted by Crippen LogP contribution is 2.35. The summed E-state index contributed by atoms with van der Waals surface area (Å²) in [6.07, 6.45) is 3.15. The molecule has 2 aromatic carbocycles. The van der Waals surface area contributed by atoms with Crippen molar-refractivity contribution >= 4 is 0 Å². The van der Waals surface area contributed by atoms with Gasteiger partial charge in [-0.25, -0.2) is 0 Å². The van der Waals surface area contributed by atoms with Crippen molar-refractivity contribution in [2.75, 3.05) is 13.2 Å². The van der Waals surface area contributed by atoms with Gasteiger partial charge < -0.3 is 23.7 Å². The minimum Gasteiger partial charge on any atom is -0.488 e. The van der Waals surface area contributed by atoms with Gasteiger partial charge >= 0.3 is 0 Å². The summed E-state index contributed by atoms with van der Waals surface area (Å²) in [4.78, 5) is 0. The van der Waals surface area contributed by atoms with Crippen molar-refractivity contribution in [3.63, 3.8) is 0 Å². The fourth-order valence-electron chi connectivity index (χ4n) is 5.86. The van der Waals surface area contributed by atoms with Crippen LogP contribution in [-0.2, 0) is 19.6 Å². The van der Waals surface area contributed by atoms with Gasteiger partial charge in [-0.05, 0) is 97.7 Å². The summed E-state index contributed by atoms with van der Waals surface area (Å²) in [7, 11) is 0. The first-order chi connectivity index (χ1) is 18.5. The lowest BCUT2D eigenvalue weighted by molar-refractivity contribution is -0.0929. The summed E-state index contributed by atoms with van der Waals surface area (Å²) in [5.41, 5.74) is 1.45. The summed E-state index contributed by atoms with van der Waals surface area (Å²) in [5.74, 6) is 1.75. The second-order valence-electron chi connectivity index (χ2n) is 13.9. The summed E-state index contributed by atoms with van der Waals surface area (Å²) in [5, 5.41) is 0. The maximum Gasteiger partial charge on any atom is 0.120 e. The molecule has 5 heteroatoms. The standard InChI is InChI=1S/C35H54O5/c1-12-36-25(2)21-32(4,5)39-29-17-13-27(14-18-29)35(10,11)28-15-19-30(20-16-28)40-33(6,7)22-26(3)38-34(8,9)23-31-24-37-31/h13-20,25-26,31H,12,21-24H2,1-11H3. The van der Waals surface area contributed by atoms with Gasteiger partial charge in [-0.2, -0.15) is 0 Å². The molecule has 3 unspecified atom stereocenters. The van der Waals surface area contributed by atoms with E-state index < -0.39 is 0 Å². The maximum atomic E-state index is 6.43. The van der Waals surface area contributed by atoms with Crippen molar-refractivity contribution < 1.29 is 23.7 Å². The van der Waals surface area contributed by atoms with Gasteiger partial charge in [0.2, 0.25) is 0 Å². The second kappa shape index (κ2) is 12.8. The molecule has 0 aliphatic carbocycles. The van der Waals surface area contributed by atoms with Crippen LogP contribution in [0.2, 0.25) is 0 Å². The summed E-state index contributed by atoms with van der Waals surface area (Å²) in [6.45, 7) is 25.1. The minimum atomic E-state index is -0.354. The van der Waals surface area contributed by atoms with E-state index >= 15 is 0 Å². The first-order valence-corrected chi connectivity index (χ1v) is 15.0. The predicted molar refractivity (Wildman–Crippen MR) is 164 cm³/mol. The van der Waals surface area contributed by atoms with Crippen molar-refractivity contribution in [2.45, 2.75) is 136 Å². The number of hydrogen-bond donors (Lipinski definition) is 0. The molecule has 0 amide bonds. The van der Waals surface area contributed by atoms with E-state index in [-0.39, 0.29) is 34.4 Å². The van der Waals surface area contributed by atoms with Crippen LogP contribution in [0.25, 0.3) is 0 Å². The van der Waals surface area contributed by atoms with Gasteiger partial charge in [0.05, 0.1) is 30.5 Å². The Bertz CT molecular complexity index is 1050. The lowest BCUT2D eigenvalue weighted by Gasteiger charge is -2.34. The lowest BCUT2D eigenvalue weighted by atomic mass is 9.78. The molecule has 3 rings (SSSR count). The number of epoxide rings is 1. The number of ether oxygens (including phenoxy) is 5. The van der Waals surface area contributed by atoms with Crippen LogP contribution in [0.4, 0.5) is 0 Å². The summed E-state index contributed by atoms with van der Waals surface area (Å²) in [6, 6.07) is 17.0. The van der Waals surface area contributed by atoms with E-state index in [0.29, 0.717) is 6.10 Å². The van der Waals surface area contributed by atoms with Crippen LogP contribution in [0, 0.1) is 0 Å². The zero-order chi connectivity index (χ0) is 29.8. The lowest BCUT2D eigenvalue weighted by Crippen LogP contribution is -2.37. The monoisotopic (exact) mass is 554 g/mol. The van der Waals surface area contributed by atoms with Crippen molar-refractivity contribution in [1.82, 2.24) is 0 Å². The van der Waals surface area contributed by atoms with E-state index in [1.165, 1.54) is 11.1 Å². The molecule has 1 aliphatic rings. The zero-order valence-corrected chi connectivity index (χ0v) is 26.9. The Hall–Kier alpha value is -2.08. The Morgan fingerprint density at radius 3 is 1.52 bits per heavy atom. The van der Waals surface area contributed by atoms with Crippen LogP contribution in [-0.4, -0.2) is 48.3 Å². The Morgan fingerprint density at radius 2 is 1.12 bits per heavy atom. The molecule has 0 spiro atoms. The van der Waals surface area contributed by atoms with E-state index in [2.05, 4.69) is 118 Å². The fraction of sp³-hybridized carbons (Fsp3) is 0.657. The quantitative estimate of drug-likeness (QED) is 0.195. The van der Waals surface area contributed by atoms with E-state index in [4.69, 9.17) is 23.7 Å². The third-order valence-corrected chi connectivity index (χ3v) is 7.59. The third-order valence-electron chi connectivity index (χ3n) is 7.59. The Kier molecular flexibility index (Phi) is 10.4. The van der Waals surface area contributed by atoms with Crippen LogP contribution in [0.15, 0.2) is 48.5 Å². The summed E-state index contributed by atoms with van der Waals surface area (Å²) >= 11 is 0. The molecule has 2 aromatic rings. The van der Waals surface area contributed by atoms with Gasteiger partial charge in [0.25, 0.3) is 0 Å². The molecule has 0 N–H and O–H groups in total. The van der Waals surface area contributed by atoms with Crippen LogP contribution in [0.1, 0.15) is 107 Å². The first kappa shape index (κ1) is 32.4. The van der Waals surface area contributed by atoms with Gasteiger partial charge in [0.1, 0.15) is 22.7 Å². The van der Waals surface area contributed by atoms with Gasteiger partial charge in [-0.15, -0.1) is 0 Å². The molecule has 1 fully saturated rings. The molecule has 1 saturated heterocycles. The molecule has 0 radical (unpaired) electrons. The molecule has 0 aromatic heterocycles. The van der Waals surface area contributed by atoms with Gasteiger partial charge in [0, 0.05) is 31.3 Å². The molecule has 1 heterocycles. The molecule has 0 saturated carbocycles. The maximum absolute atomic E-state index is 6.43. The van der Waals surface area contributed by atoms with Crippen LogP contribution < -0.4 is 9.47 Å². The SMILES string of the molecule is CCOC(C)CC(C)(C)Oc1ccc(C(C)(C)c2ccc(OC(C)(C)CC(C)OC(C)(C)CC3CO3)cc2)cc1. The highest BCUT2D eigenvalue weighted by atomic mass is 16.6. The van der Waals surface area contributed by atoms with E-state index in [9.17, 15) is 0 Å². The summed E-state index contributed by atoms with van der Waals surface area (Å²) < 4.78 is 30.2. The minimum absolute atomic E-state index is 0.0764. The second-order valence-corrected chi connectivity index (χ2v) is 13.9. The highest BCUT2D eigenvalue weighted by Gasteiger charge is 2.34. The average molecular weight is 555 g/mol. The molecule has 5 nitrogen and oxygen atoms in total.